The average molecular weight is 447 g/mol. The van der Waals surface area contributed by atoms with Gasteiger partial charge in [0.25, 0.3) is 0 Å². The maximum atomic E-state index is 13.0. The van der Waals surface area contributed by atoms with E-state index >= 15 is 0 Å². The highest BCUT2D eigenvalue weighted by molar-refractivity contribution is 7.91. The summed E-state index contributed by atoms with van der Waals surface area (Å²) in [6, 6.07) is 7.11. The van der Waals surface area contributed by atoms with Crippen LogP contribution in [0.25, 0.3) is 0 Å². The first-order valence-electron chi connectivity index (χ1n) is 11.5. The monoisotopic (exact) mass is 447 g/mol. The zero-order valence-corrected chi connectivity index (χ0v) is 19.8. The van der Waals surface area contributed by atoms with Gasteiger partial charge in [0.15, 0.2) is 9.84 Å². The highest BCUT2D eigenvalue weighted by Gasteiger charge is 2.51. The number of hydrogen-bond acceptors (Lipinski definition) is 5. The molecule has 3 aliphatic rings. The van der Waals surface area contributed by atoms with Crippen molar-refractivity contribution in [2.75, 3.05) is 5.75 Å². The fourth-order valence-electron chi connectivity index (χ4n) is 4.36. The van der Waals surface area contributed by atoms with Gasteiger partial charge in [-0.1, -0.05) is 12.1 Å². The Kier molecular flexibility index (Phi) is 6.03. The molecule has 1 aromatic carbocycles. The van der Waals surface area contributed by atoms with E-state index in [-0.39, 0.29) is 29.5 Å². The molecular weight excluding hydrogens is 413 g/mol. The normalized spacial score (nSPS) is 27.8. The Bertz CT molecular complexity index is 900. The van der Waals surface area contributed by atoms with E-state index in [4.69, 9.17) is 9.31 Å². The molecule has 1 aromatic rings. The Labute approximate surface area is 186 Å². The number of rotatable bonds is 6. The fourth-order valence-corrected chi connectivity index (χ4v) is 6.05. The van der Waals surface area contributed by atoms with Crippen LogP contribution in [0, 0.1) is 11.8 Å². The molecule has 1 N–H and O–H groups in total. The second kappa shape index (κ2) is 8.20. The lowest BCUT2D eigenvalue weighted by Gasteiger charge is -2.32. The van der Waals surface area contributed by atoms with E-state index in [0.29, 0.717) is 4.90 Å². The first-order chi connectivity index (χ1) is 14.5. The molecule has 0 atom stereocenters. The van der Waals surface area contributed by atoms with Gasteiger partial charge in [-0.3, -0.25) is 4.79 Å². The molecule has 31 heavy (non-hydrogen) atoms. The number of amides is 1. The van der Waals surface area contributed by atoms with Gasteiger partial charge in [-0.2, -0.15) is 0 Å². The van der Waals surface area contributed by atoms with Crippen LogP contribution in [0.3, 0.4) is 0 Å². The Balaban J connectivity index is 1.32. The minimum Gasteiger partial charge on any atom is -0.399 e. The van der Waals surface area contributed by atoms with E-state index in [1.165, 1.54) is 0 Å². The van der Waals surface area contributed by atoms with E-state index in [1.807, 2.05) is 27.7 Å². The van der Waals surface area contributed by atoms with Gasteiger partial charge in [-0.05, 0) is 89.7 Å². The predicted octanol–water partition coefficient (Wildman–Crippen LogP) is 2.84. The first-order valence-corrected chi connectivity index (χ1v) is 13.1. The van der Waals surface area contributed by atoms with Crippen LogP contribution in [0.1, 0.15) is 66.2 Å². The standard InChI is InChI=1S/C23H34BNO5S/c1-22(2)23(3,4)30-24(29-22)18-9-13-20(14-10-18)31(27,28)15-16-5-11-19(12-6-16)25-21(26)17-7-8-17/h9-10,13-14,16-17,19H,5-8,11-12,15H2,1-4H3,(H,25,26)/t16-,19-. The van der Waals surface area contributed by atoms with Crippen LogP contribution in [-0.2, 0) is 23.9 Å². The van der Waals surface area contributed by atoms with Crippen molar-refractivity contribution in [1.82, 2.24) is 5.32 Å². The Hall–Kier alpha value is -1.38. The van der Waals surface area contributed by atoms with Crippen LogP contribution in [0.2, 0.25) is 0 Å². The topological polar surface area (TPSA) is 81.7 Å². The van der Waals surface area contributed by atoms with E-state index in [9.17, 15) is 13.2 Å². The molecular formula is C23H34BNO5S. The van der Waals surface area contributed by atoms with Crippen molar-refractivity contribution < 1.29 is 22.5 Å². The fraction of sp³-hybridized carbons (Fsp3) is 0.696. The summed E-state index contributed by atoms with van der Waals surface area (Å²) in [5.74, 6) is 0.699. The van der Waals surface area contributed by atoms with Crippen molar-refractivity contribution in [3.8, 4) is 0 Å². The Morgan fingerprint density at radius 2 is 1.52 bits per heavy atom. The zero-order chi connectivity index (χ0) is 22.4. The van der Waals surface area contributed by atoms with Gasteiger partial charge in [0.2, 0.25) is 5.91 Å². The van der Waals surface area contributed by atoms with Gasteiger partial charge in [-0.15, -0.1) is 0 Å². The minimum absolute atomic E-state index is 0.141. The van der Waals surface area contributed by atoms with E-state index in [2.05, 4.69) is 5.32 Å². The third-order valence-corrected chi connectivity index (χ3v) is 9.26. The first kappa shape index (κ1) is 22.8. The van der Waals surface area contributed by atoms with Crippen LogP contribution in [0.4, 0.5) is 0 Å². The average Bonchev–Trinajstić information content (AvgIpc) is 3.51. The molecule has 0 spiro atoms. The lowest BCUT2D eigenvalue weighted by atomic mass is 9.79. The smallest absolute Gasteiger partial charge is 0.399 e. The van der Waals surface area contributed by atoms with Crippen LogP contribution in [0.15, 0.2) is 29.2 Å². The summed E-state index contributed by atoms with van der Waals surface area (Å²) in [5.41, 5.74) is -0.0387. The summed E-state index contributed by atoms with van der Waals surface area (Å²) < 4.78 is 38.0. The largest absolute Gasteiger partial charge is 0.494 e. The molecule has 170 valence electrons. The predicted molar refractivity (Wildman–Crippen MR) is 121 cm³/mol. The van der Waals surface area contributed by atoms with Crippen molar-refractivity contribution in [3.63, 3.8) is 0 Å². The Morgan fingerprint density at radius 1 is 0.968 bits per heavy atom. The van der Waals surface area contributed by atoms with Crippen LogP contribution in [0.5, 0.6) is 0 Å². The highest BCUT2D eigenvalue weighted by atomic mass is 32.2. The number of sulfone groups is 1. The Morgan fingerprint density at radius 3 is 2.03 bits per heavy atom. The number of nitrogens with one attached hydrogen (secondary N) is 1. The number of carbonyl (C=O) groups is 1. The van der Waals surface area contributed by atoms with Crippen molar-refractivity contribution in [1.29, 1.82) is 0 Å². The van der Waals surface area contributed by atoms with Crippen LogP contribution < -0.4 is 10.8 Å². The third-order valence-electron chi connectivity index (χ3n) is 7.36. The molecule has 0 unspecified atom stereocenters. The molecule has 1 heterocycles. The summed E-state index contributed by atoms with van der Waals surface area (Å²) in [6.07, 6.45) is 5.40. The van der Waals surface area contributed by atoms with Gasteiger partial charge in [0, 0.05) is 12.0 Å². The molecule has 3 fully saturated rings. The highest BCUT2D eigenvalue weighted by Crippen LogP contribution is 2.36. The molecule has 8 heteroatoms. The van der Waals surface area contributed by atoms with Crippen molar-refractivity contribution in [2.45, 2.75) is 88.4 Å². The second-order valence-electron chi connectivity index (χ2n) is 10.4. The minimum atomic E-state index is -3.36. The molecule has 0 bridgehead atoms. The van der Waals surface area contributed by atoms with Gasteiger partial charge < -0.3 is 14.6 Å². The molecule has 4 rings (SSSR count). The van der Waals surface area contributed by atoms with Crippen molar-refractivity contribution in [3.05, 3.63) is 24.3 Å². The van der Waals surface area contributed by atoms with Gasteiger partial charge >= 0.3 is 7.12 Å². The van der Waals surface area contributed by atoms with Crippen molar-refractivity contribution in [2.24, 2.45) is 11.8 Å². The van der Waals surface area contributed by atoms with Crippen LogP contribution >= 0.6 is 0 Å². The SMILES string of the molecule is CC1(C)OB(c2ccc(S(=O)(=O)C[C@H]3CC[C@H](NC(=O)C4CC4)CC3)cc2)OC1(C)C. The van der Waals surface area contributed by atoms with Gasteiger partial charge in [-0.25, -0.2) is 8.42 Å². The summed E-state index contributed by atoms with van der Waals surface area (Å²) >= 11 is 0. The lowest BCUT2D eigenvalue weighted by Crippen LogP contribution is -2.41. The summed E-state index contributed by atoms with van der Waals surface area (Å²) in [5, 5.41) is 3.13. The number of carbonyl (C=O) groups excluding carboxylic acids is 1. The number of benzene rings is 1. The molecule has 2 saturated carbocycles. The van der Waals surface area contributed by atoms with Crippen LogP contribution in [-0.4, -0.2) is 44.4 Å². The zero-order valence-electron chi connectivity index (χ0n) is 19.0. The molecule has 6 nitrogen and oxygen atoms in total. The van der Waals surface area contributed by atoms with Gasteiger partial charge in [0.1, 0.15) is 0 Å². The van der Waals surface area contributed by atoms with E-state index < -0.39 is 28.2 Å². The second-order valence-corrected chi connectivity index (χ2v) is 12.5. The van der Waals surface area contributed by atoms with E-state index in [0.717, 1.165) is 44.0 Å². The van der Waals surface area contributed by atoms with Crippen molar-refractivity contribution >= 4 is 28.3 Å². The lowest BCUT2D eigenvalue weighted by molar-refractivity contribution is -0.123. The van der Waals surface area contributed by atoms with Gasteiger partial charge in [0.05, 0.1) is 21.9 Å². The summed E-state index contributed by atoms with van der Waals surface area (Å²) in [6.45, 7) is 7.99. The third kappa shape index (κ3) is 5.01. The number of hydrogen-bond donors (Lipinski definition) is 1. The molecule has 2 aliphatic carbocycles. The molecule has 1 amide bonds. The summed E-state index contributed by atoms with van der Waals surface area (Å²) in [4.78, 5) is 12.3. The quantitative estimate of drug-likeness (QED) is 0.679. The molecule has 1 aliphatic heterocycles. The molecule has 1 saturated heterocycles. The molecule has 0 aromatic heterocycles. The maximum absolute atomic E-state index is 13.0. The van der Waals surface area contributed by atoms with E-state index in [1.54, 1.807) is 24.3 Å². The maximum Gasteiger partial charge on any atom is 0.494 e. The molecule has 0 radical (unpaired) electrons. The summed E-state index contributed by atoms with van der Waals surface area (Å²) in [7, 11) is -3.86.